The molecule has 0 spiro atoms. The molecular formula is C16H20N4OS. The lowest BCUT2D eigenvalue weighted by molar-refractivity contribution is -0.132. The second-order valence-electron chi connectivity index (χ2n) is 5.75. The zero-order valence-electron chi connectivity index (χ0n) is 12.4. The van der Waals surface area contributed by atoms with E-state index >= 15 is 0 Å². The number of piperidine rings is 1. The topological polar surface area (TPSA) is 72.1 Å². The van der Waals surface area contributed by atoms with Crippen LogP contribution in [-0.4, -0.2) is 33.9 Å². The van der Waals surface area contributed by atoms with Crippen LogP contribution in [0.3, 0.4) is 0 Å². The first-order valence-corrected chi connectivity index (χ1v) is 8.51. The first kappa shape index (κ1) is 15.0. The number of likely N-dealkylation sites (tertiary alicyclic amines) is 1. The molecule has 2 aromatic heterocycles. The molecule has 2 aromatic rings. The molecule has 1 amide bonds. The van der Waals surface area contributed by atoms with Crippen molar-refractivity contribution in [3.8, 4) is 0 Å². The molecule has 1 saturated heterocycles. The predicted molar refractivity (Wildman–Crippen MR) is 87.5 cm³/mol. The molecule has 0 bridgehead atoms. The van der Waals surface area contributed by atoms with Gasteiger partial charge >= 0.3 is 0 Å². The van der Waals surface area contributed by atoms with Crippen LogP contribution in [0.4, 0.5) is 5.82 Å². The lowest BCUT2D eigenvalue weighted by Gasteiger charge is -2.32. The summed E-state index contributed by atoms with van der Waals surface area (Å²) in [4.78, 5) is 22.8. The fourth-order valence-corrected chi connectivity index (χ4v) is 3.61. The molecule has 1 fully saturated rings. The molecule has 1 aliphatic rings. The average molecular weight is 316 g/mol. The maximum absolute atomic E-state index is 12.4. The van der Waals surface area contributed by atoms with Crippen LogP contribution in [0.5, 0.6) is 0 Å². The molecule has 3 heterocycles. The van der Waals surface area contributed by atoms with Crippen LogP contribution in [-0.2, 0) is 17.6 Å². The predicted octanol–water partition coefficient (Wildman–Crippen LogP) is 2.14. The van der Waals surface area contributed by atoms with Gasteiger partial charge in [0.2, 0.25) is 5.91 Å². The molecule has 2 N–H and O–H groups in total. The van der Waals surface area contributed by atoms with Crippen molar-refractivity contribution >= 4 is 23.1 Å². The van der Waals surface area contributed by atoms with Gasteiger partial charge in [-0.05, 0) is 47.6 Å². The van der Waals surface area contributed by atoms with Crippen molar-refractivity contribution in [1.82, 2.24) is 14.9 Å². The number of nitrogens with zero attached hydrogens (tertiary/aromatic N) is 3. The standard InChI is InChI=1S/C16H20N4OS/c17-16-14(18-4-5-19-16)8-12-2-1-6-20(10-12)15(21)9-13-3-7-22-11-13/h3-5,7,11-12H,1-2,6,8-10H2,(H2,17,19)/t12-/m1/s1. The molecular weight excluding hydrogens is 296 g/mol. The van der Waals surface area contributed by atoms with Crippen LogP contribution in [0.25, 0.3) is 0 Å². The van der Waals surface area contributed by atoms with Gasteiger partial charge < -0.3 is 10.6 Å². The third-order valence-corrected chi connectivity index (χ3v) is 4.83. The molecule has 0 saturated carbocycles. The smallest absolute Gasteiger partial charge is 0.227 e. The van der Waals surface area contributed by atoms with E-state index < -0.39 is 0 Å². The largest absolute Gasteiger partial charge is 0.382 e. The molecule has 3 rings (SSSR count). The molecule has 1 aliphatic heterocycles. The van der Waals surface area contributed by atoms with Gasteiger partial charge in [-0.25, -0.2) is 4.98 Å². The van der Waals surface area contributed by atoms with Crippen LogP contribution in [0, 0.1) is 5.92 Å². The molecule has 0 aliphatic carbocycles. The van der Waals surface area contributed by atoms with E-state index in [9.17, 15) is 4.79 Å². The van der Waals surface area contributed by atoms with Crippen LogP contribution < -0.4 is 5.73 Å². The maximum Gasteiger partial charge on any atom is 0.227 e. The number of carbonyl (C=O) groups excluding carboxylic acids is 1. The van der Waals surface area contributed by atoms with Crippen LogP contribution in [0.1, 0.15) is 24.1 Å². The normalized spacial score (nSPS) is 18.4. The summed E-state index contributed by atoms with van der Waals surface area (Å²) in [6.45, 7) is 1.65. The summed E-state index contributed by atoms with van der Waals surface area (Å²) in [5, 5.41) is 4.05. The second kappa shape index (κ2) is 6.87. The summed E-state index contributed by atoms with van der Waals surface area (Å²) in [7, 11) is 0. The average Bonchev–Trinajstić information content (AvgIpc) is 3.03. The van der Waals surface area contributed by atoms with Crippen molar-refractivity contribution in [3.63, 3.8) is 0 Å². The Morgan fingerprint density at radius 3 is 3.05 bits per heavy atom. The number of hydrogen-bond acceptors (Lipinski definition) is 5. The van der Waals surface area contributed by atoms with Gasteiger partial charge in [0.15, 0.2) is 0 Å². The van der Waals surface area contributed by atoms with Crippen molar-refractivity contribution in [3.05, 3.63) is 40.5 Å². The summed E-state index contributed by atoms with van der Waals surface area (Å²) in [6.07, 6.45) is 6.73. The number of amides is 1. The van der Waals surface area contributed by atoms with Gasteiger partial charge in [-0.15, -0.1) is 0 Å². The Labute approximate surface area is 134 Å². The van der Waals surface area contributed by atoms with Crippen LogP contribution in [0.15, 0.2) is 29.2 Å². The summed E-state index contributed by atoms with van der Waals surface area (Å²) in [5.74, 6) is 1.14. The SMILES string of the molecule is Nc1nccnc1C[C@H]1CCCN(C(=O)Cc2ccsc2)C1. The van der Waals surface area contributed by atoms with Gasteiger partial charge in [0.25, 0.3) is 0 Å². The summed E-state index contributed by atoms with van der Waals surface area (Å²) < 4.78 is 0. The van der Waals surface area contributed by atoms with E-state index in [1.165, 1.54) is 0 Å². The lowest BCUT2D eigenvalue weighted by Crippen LogP contribution is -2.41. The molecule has 1 atom stereocenters. The van der Waals surface area contributed by atoms with Crippen molar-refractivity contribution in [1.29, 1.82) is 0 Å². The van der Waals surface area contributed by atoms with Crippen LogP contribution >= 0.6 is 11.3 Å². The van der Waals surface area contributed by atoms with Crippen molar-refractivity contribution in [2.45, 2.75) is 25.7 Å². The van der Waals surface area contributed by atoms with E-state index in [1.54, 1.807) is 23.7 Å². The Hall–Kier alpha value is -1.95. The molecule has 0 aromatic carbocycles. The fraction of sp³-hybridized carbons (Fsp3) is 0.438. The Morgan fingerprint density at radius 1 is 1.41 bits per heavy atom. The molecule has 22 heavy (non-hydrogen) atoms. The lowest BCUT2D eigenvalue weighted by atomic mass is 9.93. The molecule has 6 heteroatoms. The van der Waals surface area contributed by atoms with E-state index in [0.29, 0.717) is 18.2 Å². The minimum Gasteiger partial charge on any atom is -0.382 e. The first-order chi connectivity index (χ1) is 10.7. The number of rotatable bonds is 4. The monoisotopic (exact) mass is 316 g/mol. The Kier molecular flexibility index (Phi) is 4.68. The third-order valence-electron chi connectivity index (χ3n) is 4.10. The number of nitrogens with two attached hydrogens (primary N) is 1. The van der Waals surface area contributed by atoms with Gasteiger partial charge in [-0.2, -0.15) is 11.3 Å². The minimum atomic E-state index is 0.218. The fourth-order valence-electron chi connectivity index (χ4n) is 2.95. The van der Waals surface area contributed by atoms with Gasteiger partial charge in [0, 0.05) is 25.5 Å². The number of thiophene rings is 1. The van der Waals surface area contributed by atoms with Gasteiger partial charge in [-0.1, -0.05) is 0 Å². The van der Waals surface area contributed by atoms with Crippen LogP contribution in [0.2, 0.25) is 0 Å². The molecule has 116 valence electrons. The zero-order chi connectivity index (χ0) is 15.4. The highest BCUT2D eigenvalue weighted by Gasteiger charge is 2.24. The number of hydrogen-bond donors (Lipinski definition) is 1. The molecule has 0 radical (unpaired) electrons. The van der Waals surface area contributed by atoms with E-state index in [1.807, 2.05) is 21.7 Å². The van der Waals surface area contributed by atoms with Crippen molar-refractivity contribution < 1.29 is 4.79 Å². The van der Waals surface area contributed by atoms with E-state index in [-0.39, 0.29) is 5.91 Å². The van der Waals surface area contributed by atoms with E-state index in [4.69, 9.17) is 5.73 Å². The number of nitrogen functional groups attached to an aromatic ring is 1. The summed E-state index contributed by atoms with van der Waals surface area (Å²) >= 11 is 1.63. The van der Waals surface area contributed by atoms with Gasteiger partial charge in [-0.3, -0.25) is 9.78 Å². The quantitative estimate of drug-likeness (QED) is 0.938. The van der Waals surface area contributed by atoms with Crippen molar-refractivity contribution in [2.24, 2.45) is 5.92 Å². The number of anilines is 1. The van der Waals surface area contributed by atoms with E-state index in [0.717, 1.165) is 43.6 Å². The zero-order valence-corrected chi connectivity index (χ0v) is 13.3. The highest BCUT2D eigenvalue weighted by atomic mass is 32.1. The van der Waals surface area contributed by atoms with Gasteiger partial charge in [0.05, 0.1) is 12.1 Å². The first-order valence-electron chi connectivity index (χ1n) is 7.56. The highest BCUT2D eigenvalue weighted by molar-refractivity contribution is 7.07. The summed E-state index contributed by atoms with van der Waals surface area (Å²) in [6, 6.07) is 2.02. The molecule has 0 unspecified atom stereocenters. The van der Waals surface area contributed by atoms with Crippen molar-refractivity contribution in [2.75, 3.05) is 18.8 Å². The minimum absolute atomic E-state index is 0.218. The highest BCUT2D eigenvalue weighted by Crippen LogP contribution is 2.22. The Bertz CT molecular complexity index is 629. The van der Waals surface area contributed by atoms with Gasteiger partial charge in [0.1, 0.15) is 5.82 Å². The Morgan fingerprint density at radius 2 is 2.27 bits per heavy atom. The maximum atomic E-state index is 12.4. The number of carbonyl (C=O) groups is 1. The third kappa shape index (κ3) is 3.62. The summed E-state index contributed by atoms with van der Waals surface area (Å²) in [5.41, 5.74) is 7.82. The van der Waals surface area contributed by atoms with E-state index in [2.05, 4.69) is 9.97 Å². The Balaban J connectivity index is 1.59. The number of aromatic nitrogens is 2. The second-order valence-corrected chi connectivity index (χ2v) is 6.53. The molecule has 5 nitrogen and oxygen atoms in total.